The molecule has 1 aromatic carbocycles. The highest BCUT2D eigenvalue weighted by molar-refractivity contribution is 5.84. The lowest BCUT2D eigenvalue weighted by Crippen LogP contribution is -2.16. The molecule has 0 fully saturated rings. The Balaban J connectivity index is 3.13. The maximum atomic E-state index is 11.7. The highest BCUT2D eigenvalue weighted by Crippen LogP contribution is 2.32. The molecule has 0 aromatic heterocycles. The smallest absolute Gasteiger partial charge is 0.137 e. The predicted octanol–water partition coefficient (Wildman–Crippen LogP) is 3.28. The van der Waals surface area contributed by atoms with Crippen LogP contribution in [0.15, 0.2) is 36.4 Å². The number of phenols is 1. The summed E-state index contributed by atoms with van der Waals surface area (Å²) in [7, 11) is 0. The summed E-state index contributed by atoms with van der Waals surface area (Å²) in [6.07, 6.45) is 3.92. The van der Waals surface area contributed by atoms with Gasteiger partial charge in [-0.25, -0.2) is 0 Å². The summed E-state index contributed by atoms with van der Waals surface area (Å²) in [6, 6.07) is 7.03. The van der Waals surface area contributed by atoms with Crippen molar-refractivity contribution >= 4 is 5.78 Å². The van der Waals surface area contributed by atoms with Crippen molar-refractivity contribution < 1.29 is 9.90 Å². The first kappa shape index (κ1) is 12.5. The molecule has 2 nitrogen and oxygen atoms in total. The minimum atomic E-state index is -0.266. The Morgan fingerprint density at radius 3 is 2.50 bits per heavy atom. The number of rotatable bonds is 4. The molecule has 1 N–H and O–H groups in total. The van der Waals surface area contributed by atoms with E-state index in [1.54, 1.807) is 25.1 Å². The van der Waals surface area contributed by atoms with Crippen LogP contribution in [0, 0.1) is 5.92 Å². The average molecular weight is 218 g/mol. The van der Waals surface area contributed by atoms with Gasteiger partial charge in [0.05, 0.1) is 5.92 Å². The molecule has 0 aliphatic carbocycles. The topological polar surface area (TPSA) is 37.3 Å². The summed E-state index contributed by atoms with van der Waals surface area (Å²) < 4.78 is 0. The quantitative estimate of drug-likeness (QED) is 0.787. The summed E-state index contributed by atoms with van der Waals surface area (Å²) in [5.74, 6) is 0.0966. The molecule has 2 atom stereocenters. The van der Waals surface area contributed by atoms with Crippen LogP contribution < -0.4 is 0 Å². The molecule has 1 aromatic rings. The lowest BCUT2D eigenvalue weighted by molar-refractivity contribution is -0.119. The second kappa shape index (κ2) is 5.50. The van der Waals surface area contributed by atoms with Crippen LogP contribution >= 0.6 is 0 Å². The molecule has 0 aliphatic rings. The molecule has 0 amide bonds. The van der Waals surface area contributed by atoms with Gasteiger partial charge in [-0.3, -0.25) is 4.79 Å². The average Bonchev–Trinajstić information content (AvgIpc) is 2.21. The third-order valence-corrected chi connectivity index (χ3v) is 2.73. The SMILES string of the molecule is CC=CC(C)C(C(C)=O)c1ccccc1O. The van der Waals surface area contributed by atoms with Gasteiger partial charge in [-0.15, -0.1) is 0 Å². The molecule has 0 saturated heterocycles. The van der Waals surface area contributed by atoms with Gasteiger partial charge in [0.15, 0.2) is 0 Å². The van der Waals surface area contributed by atoms with Crippen molar-refractivity contribution in [3.05, 3.63) is 42.0 Å². The maximum Gasteiger partial charge on any atom is 0.137 e. The van der Waals surface area contributed by atoms with E-state index >= 15 is 0 Å². The number of ketones is 1. The van der Waals surface area contributed by atoms with Gasteiger partial charge < -0.3 is 5.11 Å². The summed E-state index contributed by atoms with van der Waals surface area (Å²) in [6.45, 7) is 5.48. The van der Waals surface area contributed by atoms with Crippen molar-refractivity contribution in [2.75, 3.05) is 0 Å². The largest absolute Gasteiger partial charge is 0.508 e. The third-order valence-electron chi connectivity index (χ3n) is 2.73. The van der Waals surface area contributed by atoms with Gasteiger partial charge in [-0.2, -0.15) is 0 Å². The molecule has 86 valence electrons. The number of hydrogen-bond donors (Lipinski definition) is 1. The monoisotopic (exact) mass is 218 g/mol. The Bertz CT molecular complexity index is 393. The number of hydrogen-bond acceptors (Lipinski definition) is 2. The number of aromatic hydroxyl groups is 1. The van der Waals surface area contributed by atoms with Crippen molar-refractivity contribution in [1.29, 1.82) is 0 Å². The van der Waals surface area contributed by atoms with Crippen LogP contribution in [0.25, 0.3) is 0 Å². The van der Waals surface area contributed by atoms with Crippen molar-refractivity contribution in [2.24, 2.45) is 5.92 Å². The second-order valence-electron chi connectivity index (χ2n) is 4.03. The van der Waals surface area contributed by atoms with E-state index in [-0.39, 0.29) is 23.4 Å². The molecule has 2 heteroatoms. The Kier molecular flexibility index (Phi) is 4.29. The molecular weight excluding hydrogens is 200 g/mol. The zero-order valence-corrected chi connectivity index (χ0v) is 9.97. The molecule has 0 heterocycles. The van der Waals surface area contributed by atoms with Gasteiger partial charge in [0.1, 0.15) is 11.5 Å². The fraction of sp³-hybridized carbons (Fsp3) is 0.357. The van der Waals surface area contributed by atoms with Crippen molar-refractivity contribution in [3.8, 4) is 5.75 Å². The summed E-state index contributed by atoms with van der Waals surface area (Å²) in [5, 5.41) is 9.77. The van der Waals surface area contributed by atoms with Gasteiger partial charge >= 0.3 is 0 Å². The highest BCUT2D eigenvalue weighted by atomic mass is 16.3. The third kappa shape index (κ3) is 2.72. The Morgan fingerprint density at radius 2 is 2.00 bits per heavy atom. The van der Waals surface area contributed by atoms with E-state index in [1.165, 1.54) is 0 Å². The van der Waals surface area contributed by atoms with Gasteiger partial charge in [-0.05, 0) is 25.8 Å². The van der Waals surface area contributed by atoms with E-state index in [9.17, 15) is 9.90 Å². The molecule has 2 unspecified atom stereocenters. The van der Waals surface area contributed by atoms with E-state index in [2.05, 4.69) is 0 Å². The molecule has 0 saturated carbocycles. The van der Waals surface area contributed by atoms with Crippen LogP contribution in [-0.2, 0) is 4.79 Å². The minimum absolute atomic E-state index is 0.0760. The van der Waals surface area contributed by atoms with Crippen LogP contribution in [0.5, 0.6) is 5.75 Å². The first-order valence-electron chi connectivity index (χ1n) is 5.49. The molecule has 0 radical (unpaired) electrons. The number of carbonyl (C=O) groups is 1. The van der Waals surface area contributed by atoms with Crippen LogP contribution in [0.1, 0.15) is 32.3 Å². The second-order valence-corrected chi connectivity index (χ2v) is 4.03. The number of Topliss-reactive ketones (excluding diaryl/α,β-unsaturated/α-hetero) is 1. The highest BCUT2D eigenvalue weighted by Gasteiger charge is 2.24. The molecule has 0 bridgehead atoms. The predicted molar refractivity (Wildman–Crippen MR) is 65.5 cm³/mol. The number of phenolic OH excluding ortho intramolecular Hbond substituents is 1. The van der Waals surface area contributed by atoms with E-state index in [0.29, 0.717) is 5.56 Å². The van der Waals surface area contributed by atoms with E-state index in [4.69, 9.17) is 0 Å². The summed E-state index contributed by atoms with van der Waals surface area (Å²) >= 11 is 0. The number of para-hydroxylation sites is 1. The van der Waals surface area contributed by atoms with Crippen molar-refractivity contribution in [3.63, 3.8) is 0 Å². The van der Waals surface area contributed by atoms with Crippen LogP contribution in [-0.4, -0.2) is 10.9 Å². The van der Waals surface area contributed by atoms with Gasteiger partial charge in [0.25, 0.3) is 0 Å². The van der Waals surface area contributed by atoms with Gasteiger partial charge in [-0.1, -0.05) is 37.3 Å². The van der Waals surface area contributed by atoms with E-state index < -0.39 is 0 Å². The first-order chi connectivity index (χ1) is 7.57. The van der Waals surface area contributed by atoms with Gasteiger partial charge in [0, 0.05) is 5.56 Å². The zero-order valence-electron chi connectivity index (χ0n) is 9.97. The normalized spacial score (nSPS) is 14.9. The van der Waals surface area contributed by atoms with Crippen LogP contribution in [0.2, 0.25) is 0 Å². The number of carbonyl (C=O) groups excluding carboxylic acids is 1. The van der Waals surface area contributed by atoms with Crippen LogP contribution in [0.4, 0.5) is 0 Å². The lowest BCUT2D eigenvalue weighted by atomic mass is 9.83. The molecule has 1 rings (SSSR count). The standard InChI is InChI=1S/C14H18O2/c1-4-7-10(2)14(11(3)15)12-8-5-6-9-13(12)16/h4-10,14,16H,1-3H3. The minimum Gasteiger partial charge on any atom is -0.508 e. The maximum absolute atomic E-state index is 11.7. The molecule has 0 spiro atoms. The lowest BCUT2D eigenvalue weighted by Gasteiger charge is -2.20. The fourth-order valence-electron chi connectivity index (χ4n) is 2.04. The van der Waals surface area contributed by atoms with Crippen molar-refractivity contribution in [2.45, 2.75) is 26.7 Å². The molecule has 0 aliphatic heterocycles. The molecule has 16 heavy (non-hydrogen) atoms. The molecular formula is C14H18O2. The Morgan fingerprint density at radius 1 is 1.38 bits per heavy atom. The zero-order chi connectivity index (χ0) is 12.1. The van der Waals surface area contributed by atoms with E-state index in [1.807, 2.05) is 32.1 Å². The number of allylic oxidation sites excluding steroid dienone is 2. The Hall–Kier alpha value is -1.57. The fourth-order valence-corrected chi connectivity index (χ4v) is 2.04. The number of benzene rings is 1. The summed E-state index contributed by atoms with van der Waals surface area (Å²) in [5.41, 5.74) is 0.709. The summed E-state index contributed by atoms with van der Waals surface area (Å²) in [4.78, 5) is 11.7. The Labute approximate surface area is 96.6 Å². The van der Waals surface area contributed by atoms with Gasteiger partial charge in [0.2, 0.25) is 0 Å². The van der Waals surface area contributed by atoms with E-state index in [0.717, 1.165) is 0 Å². The van der Waals surface area contributed by atoms with Crippen molar-refractivity contribution in [1.82, 2.24) is 0 Å². The van der Waals surface area contributed by atoms with Crippen LogP contribution in [0.3, 0.4) is 0 Å². The first-order valence-corrected chi connectivity index (χ1v) is 5.49.